The van der Waals surface area contributed by atoms with Crippen molar-refractivity contribution in [2.75, 3.05) is 0 Å². The molecule has 2 saturated carbocycles. The van der Waals surface area contributed by atoms with Crippen molar-refractivity contribution < 1.29 is 28.1 Å². The Kier molecular flexibility index (Phi) is 4.61. The van der Waals surface area contributed by atoms with E-state index in [1.54, 1.807) is 0 Å². The quantitative estimate of drug-likeness (QED) is 0.691. The number of phosphoric acid groups is 1. The van der Waals surface area contributed by atoms with Gasteiger partial charge in [-0.1, -0.05) is 32.1 Å². The monoisotopic (exact) mass is 312 g/mol. The van der Waals surface area contributed by atoms with Crippen LogP contribution < -0.4 is 0 Å². The van der Waals surface area contributed by atoms with Gasteiger partial charge in [0.1, 0.15) is 0 Å². The molecule has 0 heterocycles. The van der Waals surface area contributed by atoms with Crippen LogP contribution in [0.2, 0.25) is 0 Å². The number of hydrogen-bond acceptors (Lipinski definition) is 3. The third-order valence-electron chi connectivity index (χ3n) is 4.58. The molecular formula is C11H22O6P2. The summed E-state index contributed by atoms with van der Waals surface area (Å²) in [6.07, 6.45) is 8.14. The van der Waals surface area contributed by atoms with E-state index in [4.69, 9.17) is 9.79 Å². The minimum absolute atomic E-state index is 0.254. The average molecular weight is 312 g/mol. The molecule has 0 radical (unpaired) electrons. The molecule has 2 fully saturated rings. The molecule has 2 unspecified atom stereocenters. The third kappa shape index (κ3) is 3.69. The highest BCUT2D eigenvalue weighted by Gasteiger charge is 2.52. The zero-order valence-corrected chi connectivity index (χ0v) is 12.7. The Morgan fingerprint density at radius 3 is 1.95 bits per heavy atom. The van der Waals surface area contributed by atoms with Crippen LogP contribution in [0, 0.1) is 5.41 Å². The lowest BCUT2D eigenvalue weighted by molar-refractivity contribution is 0.113. The van der Waals surface area contributed by atoms with Gasteiger partial charge in [0.25, 0.3) is 0 Å². The zero-order valence-electron chi connectivity index (χ0n) is 10.9. The Hall–Kier alpha value is 0.300. The first-order valence-corrected chi connectivity index (χ1v) is 10.0. The second-order valence-electron chi connectivity index (χ2n) is 5.82. The first-order chi connectivity index (χ1) is 8.75. The van der Waals surface area contributed by atoms with Gasteiger partial charge in [-0.25, -0.2) is 8.88 Å². The summed E-state index contributed by atoms with van der Waals surface area (Å²) in [7, 11) is -9.22. The summed E-state index contributed by atoms with van der Waals surface area (Å²) in [5, 5.41) is 0. The van der Waals surface area contributed by atoms with E-state index in [1.165, 1.54) is 0 Å². The Morgan fingerprint density at radius 1 is 0.895 bits per heavy atom. The van der Waals surface area contributed by atoms with Crippen LogP contribution in [0.3, 0.4) is 0 Å². The van der Waals surface area contributed by atoms with Crippen LogP contribution in [-0.2, 0) is 13.4 Å². The Labute approximate surface area is 113 Å². The van der Waals surface area contributed by atoms with Crippen molar-refractivity contribution in [1.82, 2.24) is 0 Å². The van der Waals surface area contributed by atoms with Crippen molar-refractivity contribution in [3.05, 3.63) is 0 Å². The van der Waals surface area contributed by atoms with Crippen molar-refractivity contribution in [3.63, 3.8) is 0 Å². The van der Waals surface area contributed by atoms with Crippen LogP contribution in [0.1, 0.15) is 57.8 Å². The normalized spacial score (nSPS) is 31.0. The van der Waals surface area contributed by atoms with Gasteiger partial charge >= 0.3 is 15.4 Å². The highest BCUT2D eigenvalue weighted by atomic mass is 31.3. The maximum Gasteiger partial charge on any atom is 0.476 e. The fraction of sp³-hybridized carbons (Fsp3) is 1.00. The smallest absolute Gasteiger partial charge is 0.324 e. The van der Waals surface area contributed by atoms with Crippen molar-refractivity contribution in [1.29, 1.82) is 0 Å². The van der Waals surface area contributed by atoms with E-state index in [-0.39, 0.29) is 5.41 Å². The largest absolute Gasteiger partial charge is 0.476 e. The molecule has 0 aromatic heterocycles. The Bertz CT molecular complexity index is 403. The van der Waals surface area contributed by atoms with E-state index >= 15 is 0 Å². The van der Waals surface area contributed by atoms with Gasteiger partial charge in [-0.15, -0.1) is 0 Å². The summed E-state index contributed by atoms with van der Waals surface area (Å²) in [6, 6.07) is 0. The van der Waals surface area contributed by atoms with Crippen LogP contribution in [0.4, 0.5) is 0 Å². The summed E-state index contributed by atoms with van der Waals surface area (Å²) in [6.45, 7) is 0. The van der Waals surface area contributed by atoms with Crippen molar-refractivity contribution in [2.45, 2.75) is 63.4 Å². The molecule has 0 saturated heterocycles. The average Bonchev–Trinajstić information content (AvgIpc) is 2.27. The molecule has 0 aromatic carbocycles. The molecule has 0 amide bonds. The first kappa shape index (κ1) is 15.7. The van der Waals surface area contributed by atoms with Gasteiger partial charge in [0.15, 0.2) is 0 Å². The van der Waals surface area contributed by atoms with Crippen molar-refractivity contribution >= 4 is 15.4 Å². The van der Waals surface area contributed by atoms with Gasteiger partial charge in [0.2, 0.25) is 0 Å². The third-order valence-corrected chi connectivity index (χ3v) is 7.96. The Balaban J connectivity index is 2.23. The molecule has 2 atom stereocenters. The highest BCUT2D eigenvalue weighted by molar-refractivity contribution is 7.64. The van der Waals surface area contributed by atoms with E-state index in [0.29, 0.717) is 6.42 Å². The lowest BCUT2D eigenvalue weighted by Crippen LogP contribution is -2.40. The molecule has 2 aliphatic carbocycles. The molecule has 0 bridgehead atoms. The van der Waals surface area contributed by atoms with E-state index in [1.807, 2.05) is 0 Å². The molecule has 8 heteroatoms. The standard InChI is InChI=1S/C11H22O6P2/c12-18(13,17-19(14,15)16)10-6-2-5-9-11(10)7-3-1-4-8-11/h10H,1-9H2,(H,12,13)(H2,14,15,16). The molecule has 0 aromatic rings. The van der Waals surface area contributed by atoms with Crippen LogP contribution in [0.15, 0.2) is 0 Å². The lowest BCUT2D eigenvalue weighted by atomic mass is 9.65. The molecule has 112 valence electrons. The fourth-order valence-electron chi connectivity index (χ4n) is 3.85. The molecule has 6 nitrogen and oxygen atoms in total. The predicted molar refractivity (Wildman–Crippen MR) is 70.7 cm³/mol. The van der Waals surface area contributed by atoms with Crippen LogP contribution in [-0.4, -0.2) is 20.3 Å². The number of hydrogen-bond donors (Lipinski definition) is 3. The maximum absolute atomic E-state index is 12.3. The minimum atomic E-state index is -4.93. The molecule has 2 rings (SSSR count). The highest BCUT2D eigenvalue weighted by Crippen LogP contribution is 2.68. The van der Waals surface area contributed by atoms with Gasteiger partial charge in [-0.05, 0) is 31.1 Å². The summed E-state index contributed by atoms with van der Waals surface area (Å²) in [5.41, 5.74) is -0.877. The summed E-state index contributed by atoms with van der Waals surface area (Å²) < 4.78 is 27.5. The van der Waals surface area contributed by atoms with E-state index in [2.05, 4.69) is 4.31 Å². The lowest BCUT2D eigenvalue weighted by Gasteiger charge is -2.47. The molecule has 3 N–H and O–H groups in total. The van der Waals surface area contributed by atoms with Gasteiger partial charge < -0.3 is 14.7 Å². The zero-order chi connectivity index (χ0) is 14.1. The predicted octanol–water partition coefficient (Wildman–Crippen LogP) is 3.17. The summed E-state index contributed by atoms with van der Waals surface area (Å²) in [4.78, 5) is 27.7. The second-order valence-corrected chi connectivity index (χ2v) is 9.21. The van der Waals surface area contributed by atoms with Gasteiger partial charge in [0.05, 0.1) is 5.66 Å². The topological polar surface area (TPSA) is 104 Å². The minimum Gasteiger partial charge on any atom is -0.324 e. The first-order valence-electron chi connectivity index (χ1n) is 6.85. The van der Waals surface area contributed by atoms with E-state index < -0.39 is 21.1 Å². The summed E-state index contributed by atoms with van der Waals surface area (Å²) in [5.74, 6) is 0. The van der Waals surface area contributed by atoms with E-state index in [9.17, 15) is 14.0 Å². The SMILES string of the molecule is O=P(O)(O)OP(=O)(O)C1CCCCC12CCCCC2. The van der Waals surface area contributed by atoms with Crippen LogP contribution in [0.25, 0.3) is 0 Å². The maximum atomic E-state index is 12.3. The Morgan fingerprint density at radius 2 is 1.42 bits per heavy atom. The fourth-order valence-corrected chi connectivity index (χ4v) is 7.11. The second kappa shape index (κ2) is 5.59. The molecule has 0 aliphatic heterocycles. The van der Waals surface area contributed by atoms with Crippen molar-refractivity contribution in [3.8, 4) is 0 Å². The molecular weight excluding hydrogens is 290 g/mol. The number of rotatable bonds is 3. The van der Waals surface area contributed by atoms with Gasteiger partial charge in [-0.3, -0.25) is 4.57 Å². The van der Waals surface area contributed by atoms with Crippen molar-refractivity contribution in [2.24, 2.45) is 5.41 Å². The molecule has 2 aliphatic rings. The molecule has 1 spiro atoms. The van der Waals surface area contributed by atoms with Crippen LogP contribution >= 0.6 is 15.4 Å². The molecule has 19 heavy (non-hydrogen) atoms. The van der Waals surface area contributed by atoms with Crippen LogP contribution in [0.5, 0.6) is 0 Å². The van der Waals surface area contributed by atoms with Gasteiger partial charge in [-0.2, -0.15) is 0 Å². The van der Waals surface area contributed by atoms with Gasteiger partial charge in [0, 0.05) is 0 Å². The summed E-state index contributed by atoms with van der Waals surface area (Å²) >= 11 is 0. The van der Waals surface area contributed by atoms with E-state index in [0.717, 1.165) is 51.4 Å².